The summed E-state index contributed by atoms with van der Waals surface area (Å²) < 4.78 is 54.3. The van der Waals surface area contributed by atoms with Crippen molar-refractivity contribution in [2.24, 2.45) is 5.73 Å². The number of halogens is 5. The van der Waals surface area contributed by atoms with Gasteiger partial charge >= 0.3 is 6.36 Å². The average molecular weight is 364 g/mol. The average Bonchev–Trinajstić information content (AvgIpc) is 2.40. The summed E-state index contributed by atoms with van der Waals surface area (Å²) in [5.41, 5.74) is 6.66. The van der Waals surface area contributed by atoms with Crippen molar-refractivity contribution in [3.63, 3.8) is 0 Å². The Labute approximate surface area is 126 Å². The molecule has 0 saturated carbocycles. The van der Waals surface area contributed by atoms with Crippen LogP contribution in [-0.4, -0.2) is 6.36 Å². The van der Waals surface area contributed by atoms with Crippen LogP contribution in [0.4, 0.5) is 17.6 Å². The third-order valence-corrected chi connectivity index (χ3v) is 3.26. The molecule has 21 heavy (non-hydrogen) atoms. The molecule has 0 aromatic heterocycles. The highest BCUT2D eigenvalue weighted by molar-refractivity contribution is 9.10. The van der Waals surface area contributed by atoms with Gasteiger partial charge in [-0.2, -0.15) is 0 Å². The van der Waals surface area contributed by atoms with Crippen LogP contribution in [0.25, 0.3) is 0 Å². The Morgan fingerprint density at radius 2 is 1.67 bits per heavy atom. The van der Waals surface area contributed by atoms with Gasteiger partial charge in [0.2, 0.25) is 0 Å². The lowest BCUT2D eigenvalue weighted by atomic mass is 9.99. The number of hydrogen-bond donors (Lipinski definition) is 1. The van der Waals surface area contributed by atoms with E-state index in [0.29, 0.717) is 10.0 Å². The lowest BCUT2D eigenvalue weighted by Gasteiger charge is -2.15. The van der Waals surface area contributed by atoms with Gasteiger partial charge in [0, 0.05) is 10.0 Å². The van der Waals surface area contributed by atoms with Gasteiger partial charge in [-0.3, -0.25) is 0 Å². The molecule has 1 atom stereocenters. The van der Waals surface area contributed by atoms with Crippen molar-refractivity contribution in [3.05, 3.63) is 63.9 Å². The predicted octanol–water partition coefficient (Wildman–Crippen LogP) is 4.53. The predicted molar refractivity (Wildman–Crippen MR) is 73.3 cm³/mol. The maximum absolute atomic E-state index is 13.7. The second-order valence-corrected chi connectivity index (χ2v) is 5.18. The molecule has 0 spiro atoms. The van der Waals surface area contributed by atoms with Gasteiger partial charge in [0.25, 0.3) is 0 Å². The van der Waals surface area contributed by atoms with Crippen molar-refractivity contribution in [3.8, 4) is 5.75 Å². The third-order valence-electron chi connectivity index (χ3n) is 2.77. The lowest BCUT2D eigenvalue weighted by Crippen LogP contribution is -2.17. The molecule has 0 heterocycles. The Balaban J connectivity index is 2.24. The SMILES string of the molecule is N[C@H](c1ccc(OC(F)(F)F)cc1)c1cc(Br)ccc1F. The van der Waals surface area contributed by atoms with Gasteiger partial charge in [0.1, 0.15) is 11.6 Å². The molecule has 2 aromatic rings. The Hall–Kier alpha value is -1.60. The highest BCUT2D eigenvalue weighted by Crippen LogP contribution is 2.28. The van der Waals surface area contributed by atoms with Gasteiger partial charge in [-0.15, -0.1) is 13.2 Å². The van der Waals surface area contributed by atoms with Crippen LogP contribution in [0.15, 0.2) is 46.9 Å². The molecule has 0 aliphatic rings. The number of benzene rings is 2. The van der Waals surface area contributed by atoms with Crippen LogP contribution in [0.1, 0.15) is 17.2 Å². The Kier molecular flexibility index (Phi) is 4.53. The highest BCUT2D eigenvalue weighted by atomic mass is 79.9. The van der Waals surface area contributed by atoms with Crippen molar-refractivity contribution < 1.29 is 22.3 Å². The van der Waals surface area contributed by atoms with Crippen LogP contribution in [0.5, 0.6) is 5.75 Å². The molecule has 0 fully saturated rings. The van der Waals surface area contributed by atoms with E-state index in [-0.39, 0.29) is 11.3 Å². The van der Waals surface area contributed by atoms with E-state index in [0.717, 1.165) is 12.1 Å². The molecule has 2 N–H and O–H groups in total. The van der Waals surface area contributed by atoms with Gasteiger partial charge in [-0.05, 0) is 35.9 Å². The van der Waals surface area contributed by atoms with Crippen molar-refractivity contribution in [2.75, 3.05) is 0 Å². The Morgan fingerprint density at radius 1 is 1.05 bits per heavy atom. The summed E-state index contributed by atoms with van der Waals surface area (Å²) >= 11 is 3.21. The van der Waals surface area contributed by atoms with E-state index >= 15 is 0 Å². The van der Waals surface area contributed by atoms with Crippen LogP contribution in [-0.2, 0) is 0 Å². The normalized spacial score (nSPS) is 13.0. The Bertz CT molecular complexity index is 628. The van der Waals surface area contributed by atoms with Gasteiger partial charge < -0.3 is 10.5 Å². The zero-order valence-corrected chi connectivity index (χ0v) is 12.1. The van der Waals surface area contributed by atoms with Crippen LogP contribution < -0.4 is 10.5 Å². The van der Waals surface area contributed by atoms with Crippen LogP contribution in [0.2, 0.25) is 0 Å². The van der Waals surface area contributed by atoms with Gasteiger partial charge in [0.05, 0.1) is 6.04 Å². The summed E-state index contributed by atoms with van der Waals surface area (Å²) in [6, 6.07) is 8.55. The summed E-state index contributed by atoms with van der Waals surface area (Å²) in [5.74, 6) is -0.838. The minimum Gasteiger partial charge on any atom is -0.406 e. The molecule has 0 aliphatic carbocycles. The first-order valence-corrected chi connectivity index (χ1v) is 6.62. The van der Waals surface area contributed by atoms with E-state index in [9.17, 15) is 17.6 Å². The fraction of sp³-hybridized carbons (Fsp3) is 0.143. The highest BCUT2D eigenvalue weighted by Gasteiger charge is 2.31. The smallest absolute Gasteiger partial charge is 0.406 e. The second-order valence-electron chi connectivity index (χ2n) is 4.26. The summed E-state index contributed by atoms with van der Waals surface area (Å²) in [7, 11) is 0. The molecule has 0 saturated heterocycles. The fourth-order valence-electron chi connectivity index (χ4n) is 1.81. The van der Waals surface area contributed by atoms with Crippen LogP contribution >= 0.6 is 15.9 Å². The molecule has 2 nitrogen and oxygen atoms in total. The summed E-state index contributed by atoms with van der Waals surface area (Å²) in [6.07, 6.45) is -4.75. The number of hydrogen-bond acceptors (Lipinski definition) is 2. The van der Waals surface area contributed by atoms with E-state index in [1.807, 2.05) is 0 Å². The molecule has 0 aliphatic heterocycles. The monoisotopic (exact) mass is 363 g/mol. The number of alkyl halides is 3. The topological polar surface area (TPSA) is 35.2 Å². The van der Waals surface area contributed by atoms with Crippen LogP contribution in [0.3, 0.4) is 0 Å². The lowest BCUT2D eigenvalue weighted by molar-refractivity contribution is -0.274. The van der Waals surface area contributed by atoms with Crippen molar-refractivity contribution >= 4 is 15.9 Å². The maximum Gasteiger partial charge on any atom is 0.573 e. The van der Waals surface area contributed by atoms with Gasteiger partial charge in [0.15, 0.2) is 0 Å². The molecule has 2 rings (SSSR count). The van der Waals surface area contributed by atoms with E-state index in [1.165, 1.54) is 30.3 Å². The molecule has 112 valence electrons. The van der Waals surface area contributed by atoms with E-state index < -0.39 is 18.2 Å². The first-order chi connectivity index (χ1) is 9.76. The first-order valence-electron chi connectivity index (χ1n) is 5.82. The van der Waals surface area contributed by atoms with Crippen molar-refractivity contribution in [1.82, 2.24) is 0 Å². The molecule has 0 unspecified atom stereocenters. The van der Waals surface area contributed by atoms with Crippen molar-refractivity contribution in [2.45, 2.75) is 12.4 Å². The number of rotatable bonds is 3. The molecular formula is C14H10BrF4NO. The molecular weight excluding hydrogens is 354 g/mol. The third kappa shape index (κ3) is 4.18. The number of nitrogens with two attached hydrogens (primary N) is 1. The first kappa shape index (κ1) is 15.8. The molecule has 0 radical (unpaired) electrons. The molecule has 0 amide bonds. The maximum atomic E-state index is 13.7. The zero-order valence-electron chi connectivity index (χ0n) is 10.5. The molecule has 7 heteroatoms. The standard InChI is InChI=1S/C14H10BrF4NO/c15-9-3-6-12(16)11(7-9)13(20)8-1-4-10(5-2-8)21-14(17,18)19/h1-7,13H,20H2/t13-/m1/s1. The van der Waals surface area contributed by atoms with E-state index in [2.05, 4.69) is 20.7 Å². The summed E-state index contributed by atoms with van der Waals surface area (Å²) in [6.45, 7) is 0. The molecule has 0 bridgehead atoms. The molecule has 2 aromatic carbocycles. The van der Waals surface area contributed by atoms with E-state index in [4.69, 9.17) is 5.73 Å². The van der Waals surface area contributed by atoms with Crippen LogP contribution in [0, 0.1) is 5.82 Å². The van der Waals surface area contributed by atoms with E-state index in [1.54, 1.807) is 0 Å². The largest absolute Gasteiger partial charge is 0.573 e. The van der Waals surface area contributed by atoms with Gasteiger partial charge in [-0.1, -0.05) is 28.1 Å². The van der Waals surface area contributed by atoms with Crippen molar-refractivity contribution in [1.29, 1.82) is 0 Å². The zero-order chi connectivity index (χ0) is 15.6. The minimum absolute atomic E-state index is 0.244. The summed E-state index contributed by atoms with van der Waals surface area (Å²) in [4.78, 5) is 0. The fourth-order valence-corrected chi connectivity index (χ4v) is 2.19. The summed E-state index contributed by atoms with van der Waals surface area (Å²) in [5, 5.41) is 0. The van der Waals surface area contributed by atoms with Gasteiger partial charge in [-0.25, -0.2) is 4.39 Å². The number of ether oxygens (including phenoxy) is 1. The quantitative estimate of drug-likeness (QED) is 0.812. The Morgan fingerprint density at radius 3 is 2.24 bits per heavy atom. The minimum atomic E-state index is -4.75. The second kappa shape index (κ2) is 6.03.